The van der Waals surface area contributed by atoms with Gasteiger partial charge in [-0.3, -0.25) is 4.98 Å². The summed E-state index contributed by atoms with van der Waals surface area (Å²) in [6, 6.07) is 10.5. The van der Waals surface area contributed by atoms with Gasteiger partial charge in [-0.05, 0) is 36.8 Å². The minimum absolute atomic E-state index is 1.18. The van der Waals surface area contributed by atoms with Gasteiger partial charge in [-0.1, -0.05) is 11.6 Å². The molecule has 0 saturated heterocycles. The first kappa shape index (κ1) is 9.16. The lowest BCUT2D eigenvalue weighted by atomic mass is 10.0. The smallest absolute Gasteiger partial charge is 0.0460 e. The standard InChI is InChI=1S/C14H12N2/c1-10-2-3-14-12(8-10)13(9-16-14)11-4-6-15-7-5-11/h2-9,16H,1H3. The molecule has 0 saturated carbocycles. The zero-order valence-electron chi connectivity index (χ0n) is 9.07. The molecule has 0 amide bonds. The van der Waals surface area contributed by atoms with Crippen molar-refractivity contribution in [2.45, 2.75) is 6.92 Å². The van der Waals surface area contributed by atoms with E-state index in [1.54, 1.807) is 0 Å². The summed E-state index contributed by atoms with van der Waals surface area (Å²) in [6.45, 7) is 2.11. The minimum atomic E-state index is 1.18. The molecule has 0 fully saturated rings. The monoisotopic (exact) mass is 208 g/mol. The molecule has 2 nitrogen and oxygen atoms in total. The van der Waals surface area contributed by atoms with Gasteiger partial charge in [0.05, 0.1) is 0 Å². The normalized spacial score (nSPS) is 10.8. The Morgan fingerprint density at radius 2 is 1.88 bits per heavy atom. The highest BCUT2D eigenvalue weighted by Gasteiger charge is 2.05. The van der Waals surface area contributed by atoms with Crippen LogP contribution in [-0.2, 0) is 0 Å². The molecule has 1 aromatic carbocycles. The molecular formula is C14H12N2. The molecule has 0 spiro atoms. The Hall–Kier alpha value is -2.09. The second-order valence-corrected chi connectivity index (χ2v) is 3.99. The minimum Gasteiger partial charge on any atom is -0.361 e. The number of benzene rings is 1. The molecule has 1 N–H and O–H groups in total. The summed E-state index contributed by atoms with van der Waals surface area (Å²) < 4.78 is 0. The summed E-state index contributed by atoms with van der Waals surface area (Å²) >= 11 is 0. The van der Waals surface area contributed by atoms with E-state index in [2.05, 4.69) is 41.3 Å². The first-order chi connectivity index (χ1) is 7.84. The molecule has 0 bridgehead atoms. The molecule has 2 heteroatoms. The van der Waals surface area contributed by atoms with Gasteiger partial charge >= 0.3 is 0 Å². The third kappa shape index (κ3) is 1.39. The van der Waals surface area contributed by atoms with E-state index in [-0.39, 0.29) is 0 Å². The zero-order valence-corrected chi connectivity index (χ0v) is 9.07. The van der Waals surface area contributed by atoms with E-state index in [9.17, 15) is 0 Å². The third-order valence-corrected chi connectivity index (χ3v) is 2.83. The lowest BCUT2D eigenvalue weighted by Gasteiger charge is -1.99. The Kier molecular flexibility index (Phi) is 2.00. The van der Waals surface area contributed by atoms with Crippen LogP contribution in [0.15, 0.2) is 48.9 Å². The van der Waals surface area contributed by atoms with Crippen LogP contribution < -0.4 is 0 Å². The lowest BCUT2D eigenvalue weighted by Crippen LogP contribution is -1.77. The summed E-state index contributed by atoms with van der Waals surface area (Å²) in [5.41, 5.74) is 4.90. The van der Waals surface area contributed by atoms with Gasteiger partial charge in [0.1, 0.15) is 0 Å². The fraction of sp³-hybridized carbons (Fsp3) is 0.0714. The molecule has 0 aliphatic carbocycles. The Morgan fingerprint density at radius 1 is 1.06 bits per heavy atom. The molecule has 0 radical (unpaired) electrons. The number of rotatable bonds is 1. The summed E-state index contributed by atoms with van der Waals surface area (Å²) in [4.78, 5) is 7.34. The first-order valence-corrected chi connectivity index (χ1v) is 5.33. The molecule has 78 valence electrons. The van der Waals surface area contributed by atoms with Crippen molar-refractivity contribution in [3.8, 4) is 11.1 Å². The van der Waals surface area contributed by atoms with E-state index in [0.29, 0.717) is 0 Å². The lowest BCUT2D eigenvalue weighted by molar-refractivity contribution is 1.33. The van der Waals surface area contributed by atoms with Crippen LogP contribution in [-0.4, -0.2) is 9.97 Å². The van der Waals surface area contributed by atoms with Crippen molar-refractivity contribution < 1.29 is 0 Å². The number of nitrogens with one attached hydrogen (secondary N) is 1. The van der Waals surface area contributed by atoms with Crippen LogP contribution in [0.1, 0.15) is 5.56 Å². The van der Waals surface area contributed by atoms with Crippen LogP contribution in [0.3, 0.4) is 0 Å². The number of nitrogens with zero attached hydrogens (tertiary/aromatic N) is 1. The summed E-state index contributed by atoms with van der Waals surface area (Å²) in [5, 5.41) is 1.27. The van der Waals surface area contributed by atoms with E-state index in [1.807, 2.05) is 24.5 Å². The van der Waals surface area contributed by atoms with Crippen molar-refractivity contribution in [1.29, 1.82) is 0 Å². The number of aryl methyl sites for hydroxylation is 1. The number of aromatic amines is 1. The number of aromatic nitrogens is 2. The second kappa shape index (κ2) is 3.49. The van der Waals surface area contributed by atoms with Crippen molar-refractivity contribution in [1.82, 2.24) is 9.97 Å². The Balaban J connectivity index is 2.29. The molecule has 0 unspecified atom stereocenters. The van der Waals surface area contributed by atoms with Crippen LogP contribution in [0.25, 0.3) is 22.0 Å². The Bertz CT molecular complexity index is 624. The highest BCUT2D eigenvalue weighted by atomic mass is 14.7. The summed E-state index contributed by atoms with van der Waals surface area (Å²) in [6.07, 6.45) is 5.70. The molecular weight excluding hydrogens is 196 g/mol. The predicted molar refractivity (Wildman–Crippen MR) is 66.3 cm³/mol. The van der Waals surface area contributed by atoms with E-state index in [1.165, 1.54) is 27.6 Å². The molecule has 0 atom stereocenters. The van der Waals surface area contributed by atoms with Gasteiger partial charge < -0.3 is 4.98 Å². The first-order valence-electron chi connectivity index (χ1n) is 5.33. The zero-order chi connectivity index (χ0) is 11.0. The molecule has 16 heavy (non-hydrogen) atoms. The number of pyridine rings is 1. The van der Waals surface area contributed by atoms with Gasteiger partial charge in [0, 0.05) is 35.1 Å². The molecule has 3 aromatic rings. The van der Waals surface area contributed by atoms with Gasteiger partial charge in [-0.2, -0.15) is 0 Å². The van der Waals surface area contributed by atoms with E-state index < -0.39 is 0 Å². The molecule has 3 rings (SSSR count). The second-order valence-electron chi connectivity index (χ2n) is 3.99. The molecule has 2 aromatic heterocycles. The van der Waals surface area contributed by atoms with Crippen molar-refractivity contribution in [3.63, 3.8) is 0 Å². The van der Waals surface area contributed by atoms with Crippen molar-refractivity contribution in [3.05, 3.63) is 54.5 Å². The molecule has 0 aliphatic rings. The Morgan fingerprint density at radius 3 is 2.69 bits per heavy atom. The van der Waals surface area contributed by atoms with Crippen molar-refractivity contribution in [2.24, 2.45) is 0 Å². The van der Waals surface area contributed by atoms with Gasteiger partial charge in [0.25, 0.3) is 0 Å². The van der Waals surface area contributed by atoms with Gasteiger partial charge in [0.2, 0.25) is 0 Å². The largest absolute Gasteiger partial charge is 0.361 e. The number of H-pyrrole nitrogens is 1. The van der Waals surface area contributed by atoms with Gasteiger partial charge in [0.15, 0.2) is 0 Å². The maximum Gasteiger partial charge on any atom is 0.0460 e. The van der Waals surface area contributed by atoms with Crippen molar-refractivity contribution in [2.75, 3.05) is 0 Å². The van der Waals surface area contributed by atoms with E-state index in [4.69, 9.17) is 0 Å². The summed E-state index contributed by atoms with van der Waals surface area (Å²) in [5.74, 6) is 0. The maximum absolute atomic E-state index is 4.04. The number of hydrogen-bond acceptors (Lipinski definition) is 1. The maximum atomic E-state index is 4.04. The fourth-order valence-corrected chi connectivity index (χ4v) is 2.00. The fourth-order valence-electron chi connectivity index (χ4n) is 2.00. The van der Waals surface area contributed by atoms with Crippen LogP contribution in [0.4, 0.5) is 0 Å². The van der Waals surface area contributed by atoms with Crippen LogP contribution in [0, 0.1) is 6.92 Å². The SMILES string of the molecule is Cc1ccc2[nH]cc(-c3ccncc3)c2c1. The number of fused-ring (bicyclic) bond motifs is 1. The number of hydrogen-bond donors (Lipinski definition) is 1. The highest BCUT2D eigenvalue weighted by molar-refractivity contribution is 5.95. The average Bonchev–Trinajstić information content (AvgIpc) is 2.73. The van der Waals surface area contributed by atoms with Crippen molar-refractivity contribution >= 4 is 10.9 Å². The predicted octanol–water partition coefficient (Wildman–Crippen LogP) is 3.54. The molecule has 0 aliphatic heterocycles. The Labute approximate surface area is 94.0 Å². The quantitative estimate of drug-likeness (QED) is 0.651. The van der Waals surface area contributed by atoms with Crippen LogP contribution in [0.2, 0.25) is 0 Å². The average molecular weight is 208 g/mol. The van der Waals surface area contributed by atoms with Crippen LogP contribution in [0.5, 0.6) is 0 Å². The van der Waals surface area contributed by atoms with Crippen LogP contribution >= 0.6 is 0 Å². The van der Waals surface area contributed by atoms with E-state index in [0.717, 1.165) is 0 Å². The topological polar surface area (TPSA) is 28.7 Å². The third-order valence-electron chi connectivity index (χ3n) is 2.83. The summed E-state index contributed by atoms with van der Waals surface area (Å²) in [7, 11) is 0. The molecule has 2 heterocycles. The highest BCUT2D eigenvalue weighted by Crippen LogP contribution is 2.28. The van der Waals surface area contributed by atoms with Gasteiger partial charge in [-0.15, -0.1) is 0 Å². The van der Waals surface area contributed by atoms with E-state index >= 15 is 0 Å². The van der Waals surface area contributed by atoms with Gasteiger partial charge in [-0.25, -0.2) is 0 Å².